The van der Waals surface area contributed by atoms with E-state index < -0.39 is 23.9 Å². The second-order valence-electron chi connectivity index (χ2n) is 7.90. The third kappa shape index (κ3) is 9.29. The number of hydrogen-bond donors (Lipinski definition) is 3. The van der Waals surface area contributed by atoms with E-state index in [1.807, 2.05) is 60.7 Å². The molecular formula is C27H28FN3O4. The molecule has 0 bridgehead atoms. The number of benzene rings is 3. The first-order chi connectivity index (χ1) is 17.0. The molecule has 35 heavy (non-hydrogen) atoms. The van der Waals surface area contributed by atoms with Crippen LogP contribution in [0.1, 0.15) is 16.7 Å². The van der Waals surface area contributed by atoms with Crippen LogP contribution in [0.3, 0.4) is 0 Å². The maximum absolute atomic E-state index is 13.3. The number of rotatable bonds is 11. The first kappa shape index (κ1) is 25.4. The van der Waals surface area contributed by atoms with Crippen molar-refractivity contribution in [3.63, 3.8) is 0 Å². The van der Waals surface area contributed by atoms with Gasteiger partial charge in [-0.15, -0.1) is 0 Å². The summed E-state index contributed by atoms with van der Waals surface area (Å²) in [5.41, 5.74) is 2.27. The molecule has 3 amide bonds. The van der Waals surface area contributed by atoms with Gasteiger partial charge in [0.2, 0.25) is 11.8 Å². The maximum Gasteiger partial charge on any atom is 0.408 e. The molecule has 3 N–H and O–H groups in total. The smallest absolute Gasteiger partial charge is 0.408 e. The summed E-state index contributed by atoms with van der Waals surface area (Å²) in [4.78, 5) is 37.2. The Labute approximate surface area is 203 Å². The van der Waals surface area contributed by atoms with Gasteiger partial charge in [0.25, 0.3) is 0 Å². The fourth-order valence-corrected chi connectivity index (χ4v) is 3.37. The summed E-state index contributed by atoms with van der Waals surface area (Å²) >= 11 is 0. The summed E-state index contributed by atoms with van der Waals surface area (Å²) in [6.07, 6.45) is -0.385. The Morgan fingerprint density at radius 1 is 0.771 bits per heavy atom. The number of alkyl carbamates (subject to hydrolysis) is 1. The average Bonchev–Trinajstić information content (AvgIpc) is 2.86. The van der Waals surface area contributed by atoms with Gasteiger partial charge in [-0.25, -0.2) is 9.18 Å². The van der Waals surface area contributed by atoms with Crippen molar-refractivity contribution in [2.75, 3.05) is 13.1 Å². The fourth-order valence-electron chi connectivity index (χ4n) is 3.37. The van der Waals surface area contributed by atoms with Crippen LogP contribution in [-0.4, -0.2) is 37.0 Å². The summed E-state index contributed by atoms with van der Waals surface area (Å²) in [7, 11) is 0. The molecule has 0 aliphatic carbocycles. The largest absolute Gasteiger partial charge is 0.445 e. The highest BCUT2D eigenvalue weighted by Crippen LogP contribution is 2.06. The number of nitrogens with one attached hydrogen (secondary N) is 3. The second kappa shape index (κ2) is 13.5. The number of carbonyl (C=O) groups is 3. The maximum atomic E-state index is 13.3. The Hall–Kier alpha value is -4.20. The summed E-state index contributed by atoms with van der Waals surface area (Å²) < 4.78 is 18.5. The normalized spacial score (nSPS) is 11.2. The lowest BCUT2D eigenvalue weighted by molar-refractivity contribution is -0.123. The molecule has 3 aromatic carbocycles. The lowest BCUT2D eigenvalue weighted by Crippen LogP contribution is -2.49. The molecule has 0 aliphatic heterocycles. The van der Waals surface area contributed by atoms with Gasteiger partial charge in [-0.3, -0.25) is 9.59 Å². The Morgan fingerprint density at radius 2 is 1.40 bits per heavy atom. The average molecular weight is 478 g/mol. The van der Waals surface area contributed by atoms with Crippen molar-refractivity contribution in [3.8, 4) is 0 Å². The predicted molar refractivity (Wildman–Crippen MR) is 130 cm³/mol. The standard InChI is InChI=1S/C27H28FN3O4/c28-23-13-7-12-22(16-23)18-25(32)29-14-15-30-26(33)24(17-20-8-3-1-4-9-20)31-27(34)35-19-21-10-5-2-6-11-21/h1-13,16,24H,14-15,17-19H2,(H,29,32)(H,30,33)(H,31,34)/t24-/m0/s1. The molecular weight excluding hydrogens is 449 g/mol. The highest BCUT2D eigenvalue weighted by atomic mass is 19.1. The molecule has 8 heteroatoms. The van der Waals surface area contributed by atoms with E-state index in [2.05, 4.69) is 16.0 Å². The van der Waals surface area contributed by atoms with Gasteiger partial charge < -0.3 is 20.7 Å². The fraction of sp³-hybridized carbons (Fsp3) is 0.222. The van der Waals surface area contributed by atoms with Crippen LogP contribution in [0.5, 0.6) is 0 Å². The van der Waals surface area contributed by atoms with Gasteiger partial charge in [0.1, 0.15) is 18.5 Å². The van der Waals surface area contributed by atoms with Crippen LogP contribution in [0.25, 0.3) is 0 Å². The van der Waals surface area contributed by atoms with E-state index in [-0.39, 0.29) is 38.4 Å². The van der Waals surface area contributed by atoms with Crippen LogP contribution in [-0.2, 0) is 33.8 Å². The summed E-state index contributed by atoms with van der Waals surface area (Å²) in [5, 5.41) is 8.04. The van der Waals surface area contributed by atoms with E-state index in [1.165, 1.54) is 12.1 Å². The molecule has 3 rings (SSSR count). The first-order valence-corrected chi connectivity index (χ1v) is 11.3. The number of hydrogen-bond acceptors (Lipinski definition) is 4. The summed E-state index contributed by atoms with van der Waals surface area (Å²) in [5.74, 6) is -1.08. The van der Waals surface area contributed by atoms with Crippen LogP contribution in [0.4, 0.5) is 9.18 Å². The van der Waals surface area contributed by atoms with E-state index in [0.29, 0.717) is 5.56 Å². The van der Waals surface area contributed by atoms with Gasteiger partial charge in [0.15, 0.2) is 0 Å². The molecule has 0 unspecified atom stereocenters. The van der Waals surface area contributed by atoms with Gasteiger partial charge in [-0.2, -0.15) is 0 Å². The lowest BCUT2D eigenvalue weighted by atomic mass is 10.1. The molecule has 0 heterocycles. The van der Waals surface area contributed by atoms with Gasteiger partial charge in [0, 0.05) is 19.5 Å². The van der Waals surface area contributed by atoms with E-state index in [0.717, 1.165) is 11.1 Å². The van der Waals surface area contributed by atoms with Crippen molar-refractivity contribution in [2.45, 2.75) is 25.5 Å². The van der Waals surface area contributed by atoms with Crippen molar-refractivity contribution in [1.29, 1.82) is 0 Å². The van der Waals surface area contributed by atoms with Crippen molar-refractivity contribution in [3.05, 3.63) is 107 Å². The van der Waals surface area contributed by atoms with Crippen molar-refractivity contribution >= 4 is 17.9 Å². The molecule has 0 saturated carbocycles. The van der Waals surface area contributed by atoms with Gasteiger partial charge in [-0.05, 0) is 28.8 Å². The third-order valence-electron chi connectivity index (χ3n) is 5.10. The van der Waals surface area contributed by atoms with E-state index in [4.69, 9.17) is 4.74 Å². The predicted octanol–water partition coefficient (Wildman–Crippen LogP) is 3.14. The number of halogens is 1. The van der Waals surface area contributed by atoms with E-state index in [1.54, 1.807) is 12.1 Å². The lowest BCUT2D eigenvalue weighted by Gasteiger charge is -2.19. The van der Waals surface area contributed by atoms with Crippen molar-refractivity contribution in [2.24, 2.45) is 0 Å². The van der Waals surface area contributed by atoms with Crippen LogP contribution in [0, 0.1) is 5.82 Å². The van der Waals surface area contributed by atoms with Crippen LogP contribution >= 0.6 is 0 Å². The van der Waals surface area contributed by atoms with Crippen molar-refractivity contribution in [1.82, 2.24) is 16.0 Å². The summed E-state index contributed by atoms with van der Waals surface area (Å²) in [6.45, 7) is 0.444. The first-order valence-electron chi connectivity index (χ1n) is 11.3. The van der Waals surface area contributed by atoms with Crippen LogP contribution in [0.15, 0.2) is 84.9 Å². The SMILES string of the molecule is O=C(Cc1cccc(F)c1)NCCNC(=O)[C@H](Cc1ccccc1)NC(=O)OCc1ccccc1. The van der Waals surface area contributed by atoms with Gasteiger partial charge in [0.05, 0.1) is 6.42 Å². The van der Waals surface area contributed by atoms with Gasteiger partial charge in [-0.1, -0.05) is 72.8 Å². The zero-order valence-electron chi connectivity index (χ0n) is 19.2. The highest BCUT2D eigenvalue weighted by Gasteiger charge is 2.22. The second-order valence-corrected chi connectivity index (χ2v) is 7.90. The Kier molecular flexibility index (Phi) is 9.80. The number of ether oxygens (including phenoxy) is 1. The molecule has 0 spiro atoms. The molecule has 0 aliphatic rings. The number of amides is 3. The van der Waals surface area contributed by atoms with Gasteiger partial charge >= 0.3 is 6.09 Å². The Balaban J connectivity index is 1.47. The van der Waals surface area contributed by atoms with Crippen LogP contribution in [0.2, 0.25) is 0 Å². The quantitative estimate of drug-likeness (QED) is 0.370. The van der Waals surface area contributed by atoms with Crippen LogP contribution < -0.4 is 16.0 Å². The molecule has 182 valence electrons. The molecule has 0 aromatic heterocycles. The zero-order chi connectivity index (χ0) is 24.9. The molecule has 0 saturated heterocycles. The minimum Gasteiger partial charge on any atom is -0.445 e. The molecule has 0 radical (unpaired) electrons. The monoisotopic (exact) mass is 477 g/mol. The van der Waals surface area contributed by atoms with E-state index >= 15 is 0 Å². The minimum absolute atomic E-state index is 0.0388. The number of carbonyl (C=O) groups excluding carboxylic acids is 3. The zero-order valence-corrected chi connectivity index (χ0v) is 19.2. The molecule has 7 nitrogen and oxygen atoms in total. The highest BCUT2D eigenvalue weighted by molar-refractivity contribution is 5.86. The molecule has 1 atom stereocenters. The molecule has 0 fully saturated rings. The third-order valence-corrected chi connectivity index (χ3v) is 5.10. The Morgan fingerprint density at radius 3 is 2.09 bits per heavy atom. The van der Waals surface area contributed by atoms with E-state index in [9.17, 15) is 18.8 Å². The molecule has 3 aromatic rings. The summed E-state index contributed by atoms with van der Waals surface area (Å²) in [6, 6.07) is 23.5. The minimum atomic E-state index is -0.858. The topological polar surface area (TPSA) is 96.5 Å². The van der Waals surface area contributed by atoms with Crippen molar-refractivity contribution < 1.29 is 23.5 Å². The Bertz CT molecular complexity index is 1110.